The van der Waals surface area contributed by atoms with Crippen LogP contribution < -0.4 is 0 Å². The number of carbonyl (C=O) groups excluding carboxylic acids is 2. The van der Waals surface area contributed by atoms with Crippen LogP contribution in [0.2, 0.25) is 0 Å². The van der Waals surface area contributed by atoms with Gasteiger partial charge in [-0.05, 0) is 124 Å². The van der Waals surface area contributed by atoms with Gasteiger partial charge in [0.15, 0.2) is 6.10 Å². The van der Waals surface area contributed by atoms with Crippen molar-refractivity contribution >= 4 is 44.3 Å². The molecule has 0 radical (unpaired) electrons. The van der Waals surface area contributed by atoms with Gasteiger partial charge >= 0.3 is 11.9 Å². The van der Waals surface area contributed by atoms with E-state index in [4.69, 9.17) is 18.9 Å². The molecule has 0 spiro atoms. The highest BCUT2D eigenvalue weighted by atomic mass is 16.6. The van der Waals surface area contributed by atoms with E-state index in [1.807, 2.05) is 0 Å². The number of fused-ring (bicyclic) bond motifs is 6. The summed E-state index contributed by atoms with van der Waals surface area (Å²) in [5.74, 6) is 2.16. The highest BCUT2D eigenvalue weighted by Gasteiger charge is 2.38. The van der Waals surface area contributed by atoms with Crippen LogP contribution in [-0.2, 0) is 35.0 Å². The van der Waals surface area contributed by atoms with Crippen LogP contribution in [0.1, 0.15) is 104 Å². The molecule has 0 N–H and O–H groups in total. The highest BCUT2D eigenvalue weighted by Crippen LogP contribution is 2.42. The molecule has 0 saturated heterocycles. The Hall–Kier alpha value is -3.48. The number of carbonyl (C=O) groups is 2. The Labute approximate surface area is 309 Å². The van der Waals surface area contributed by atoms with Crippen LogP contribution in [0.3, 0.4) is 0 Å². The van der Waals surface area contributed by atoms with Gasteiger partial charge in [0, 0.05) is 5.56 Å². The van der Waals surface area contributed by atoms with Gasteiger partial charge < -0.3 is 18.9 Å². The lowest BCUT2D eigenvalue weighted by Crippen LogP contribution is -2.38. The molecule has 3 aliphatic carbocycles. The Kier molecular flexibility index (Phi) is 11.2. The van der Waals surface area contributed by atoms with E-state index < -0.39 is 24.1 Å². The second-order valence-corrected chi connectivity index (χ2v) is 17.0. The van der Waals surface area contributed by atoms with Gasteiger partial charge in [-0.3, -0.25) is 0 Å². The lowest BCUT2D eigenvalue weighted by Gasteiger charge is -2.37. The molecule has 8 unspecified atom stereocenters. The maximum absolute atomic E-state index is 13.7. The fourth-order valence-electron chi connectivity index (χ4n) is 9.69. The van der Waals surface area contributed by atoms with E-state index in [0.29, 0.717) is 48.3 Å². The smallest absolute Gasteiger partial charge is 0.332 e. The Morgan fingerprint density at radius 3 is 1.85 bits per heavy atom. The molecule has 0 amide bonds. The molecule has 4 aromatic carbocycles. The van der Waals surface area contributed by atoms with Gasteiger partial charge in [0.25, 0.3) is 0 Å². The van der Waals surface area contributed by atoms with E-state index in [1.54, 1.807) is 0 Å². The number of benzene rings is 4. The van der Waals surface area contributed by atoms with Gasteiger partial charge in [-0.25, -0.2) is 9.59 Å². The third-order valence-electron chi connectivity index (χ3n) is 12.6. The van der Waals surface area contributed by atoms with E-state index in [2.05, 4.69) is 102 Å². The van der Waals surface area contributed by atoms with Crippen molar-refractivity contribution in [3.63, 3.8) is 0 Å². The standard InChI is InChI=1S/C46H58O6/c1-27(2)34-16-11-29(5)21-42(34)49-25-44(47)51-41-20-19-37-38(46(41)52-45(48)26-50-43-22-30(6)12-17-35(43)28(3)4)18-15-33-23-32-14-13-31-9-7-8-10-36(31)39(32)24-40(33)37/h7-10,13-15,18,23-24,27-30,34-35,41-43,46H,11-12,16-17,19-22,25-26H2,1-6H3. The number of hydrogen-bond donors (Lipinski definition) is 0. The third-order valence-corrected chi connectivity index (χ3v) is 12.6. The largest absolute Gasteiger partial charge is 0.456 e. The molecular formula is C46H58O6. The molecule has 52 heavy (non-hydrogen) atoms. The molecule has 4 aromatic rings. The molecule has 0 bridgehead atoms. The van der Waals surface area contributed by atoms with Crippen molar-refractivity contribution in [1.29, 1.82) is 0 Å². The molecule has 0 aliphatic heterocycles. The minimum Gasteiger partial charge on any atom is -0.456 e. The van der Waals surface area contributed by atoms with E-state index >= 15 is 0 Å². The summed E-state index contributed by atoms with van der Waals surface area (Å²) in [6, 6.07) is 21.6. The predicted octanol–water partition coefficient (Wildman–Crippen LogP) is 10.5. The van der Waals surface area contributed by atoms with Crippen LogP contribution in [-0.4, -0.2) is 43.5 Å². The van der Waals surface area contributed by atoms with Crippen molar-refractivity contribution in [2.45, 2.75) is 117 Å². The summed E-state index contributed by atoms with van der Waals surface area (Å²) in [6.45, 7) is 13.3. The average Bonchev–Trinajstić information content (AvgIpc) is 3.12. The first-order chi connectivity index (χ1) is 25.0. The van der Waals surface area contributed by atoms with Crippen molar-refractivity contribution in [1.82, 2.24) is 0 Å². The van der Waals surface area contributed by atoms with Gasteiger partial charge in [0.2, 0.25) is 0 Å². The fraction of sp³-hybridized carbons (Fsp3) is 0.565. The zero-order valence-electron chi connectivity index (χ0n) is 32.1. The zero-order valence-corrected chi connectivity index (χ0v) is 32.1. The van der Waals surface area contributed by atoms with Crippen molar-refractivity contribution in [2.75, 3.05) is 13.2 Å². The van der Waals surface area contributed by atoms with E-state index in [1.165, 1.54) is 34.4 Å². The van der Waals surface area contributed by atoms with Crippen molar-refractivity contribution in [3.05, 3.63) is 71.8 Å². The average molecular weight is 707 g/mol. The van der Waals surface area contributed by atoms with Gasteiger partial charge in [0.05, 0.1) is 12.2 Å². The second kappa shape index (κ2) is 15.9. The predicted molar refractivity (Wildman–Crippen MR) is 208 cm³/mol. The van der Waals surface area contributed by atoms with Crippen LogP contribution in [0.5, 0.6) is 0 Å². The molecule has 0 heterocycles. The number of ether oxygens (including phenoxy) is 4. The van der Waals surface area contributed by atoms with Crippen molar-refractivity contribution in [2.24, 2.45) is 35.5 Å². The SMILES string of the molecule is CC1CCC(C(C)C)C(OCC(=O)OC2CCc3c(ccc4cc5ccc6ccccc6c5cc34)C2OC(=O)COC2CC(C)CCC2C(C)C)C1. The highest BCUT2D eigenvalue weighted by molar-refractivity contribution is 6.12. The fourth-order valence-corrected chi connectivity index (χ4v) is 9.69. The minimum atomic E-state index is -0.735. The van der Waals surface area contributed by atoms with Crippen LogP contribution in [0.15, 0.2) is 60.7 Å². The van der Waals surface area contributed by atoms with Gasteiger partial charge in [-0.2, -0.15) is 0 Å². The van der Waals surface area contributed by atoms with Gasteiger partial charge in [-0.15, -0.1) is 0 Å². The Morgan fingerprint density at radius 1 is 0.615 bits per heavy atom. The Balaban J connectivity index is 1.15. The molecule has 2 fully saturated rings. The lowest BCUT2D eigenvalue weighted by molar-refractivity contribution is -0.180. The first-order valence-electron chi connectivity index (χ1n) is 20.0. The summed E-state index contributed by atoms with van der Waals surface area (Å²) < 4.78 is 25.1. The summed E-state index contributed by atoms with van der Waals surface area (Å²) >= 11 is 0. The Bertz CT molecular complexity index is 1890. The van der Waals surface area contributed by atoms with Crippen LogP contribution in [0.4, 0.5) is 0 Å². The quantitative estimate of drug-likeness (QED) is 0.0929. The number of rotatable bonds is 10. The maximum atomic E-state index is 13.7. The molecule has 2 saturated carbocycles. The van der Waals surface area contributed by atoms with Crippen molar-refractivity contribution in [3.8, 4) is 0 Å². The number of esters is 2. The monoisotopic (exact) mass is 706 g/mol. The summed E-state index contributed by atoms with van der Waals surface area (Å²) in [6.07, 6.45) is 6.52. The molecular weight excluding hydrogens is 648 g/mol. The molecule has 3 aliphatic rings. The van der Waals surface area contributed by atoms with Gasteiger partial charge in [0.1, 0.15) is 19.3 Å². The van der Waals surface area contributed by atoms with E-state index in [0.717, 1.165) is 47.6 Å². The Morgan fingerprint density at radius 2 is 1.19 bits per heavy atom. The van der Waals surface area contributed by atoms with Crippen LogP contribution >= 0.6 is 0 Å². The lowest BCUT2D eigenvalue weighted by atomic mass is 9.75. The summed E-state index contributed by atoms with van der Waals surface area (Å²) in [5.41, 5.74) is 2.05. The summed E-state index contributed by atoms with van der Waals surface area (Å²) in [7, 11) is 0. The van der Waals surface area contributed by atoms with Crippen molar-refractivity contribution < 1.29 is 28.5 Å². The molecule has 6 nitrogen and oxygen atoms in total. The summed E-state index contributed by atoms with van der Waals surface area (Å²) in [4.78, 5) is 27.2. The van der Waals surface area contributed by atoms with Crippen LogP contribution in [0.25, 0.3) is 32.3 Å². The number of hydrogen-bond acceptors (Lipinski definition) is 6. The molecule has 278 valence electrons. The maximum Gasteiger partial charge on any atom is 0.332 e. The zero-order chi connectivity index (χ0) is 36.5. The molecule has 0 aromatic heterocycles. The first-order valence-corrected chi connectivity index (χ1v) is 20.0. The first kappa shape index (κ1) is 36.9. The second-order valence-electron chi connectivity index (χ2n) is 17.0. The molecule has 8 atom stereocenters. The topological polar surface area (TPSA) is 71.1 Å². The van der Waals surface area contributed by atoms with E-state index in [9.17, 15) is 9.59 Å². The normalized spacial score (nSPS) is 28.0. The van der Waals surface area contributed by atoms with E-state index in [-0.39, 0.29) is 25.4 Å². The minimum absolute atomic E-state index is 0.0323. The molecule has 7 rings (SSSR count). The summed E-state index contributed by atoms with van der Waals surface area (Å²) in [5, 5.41) is 7.10. The molecule has 6 heteroatoms. The number of aryl methyl sites for hydroxylation is 1. The third kappa shape index (κ3) is 7.89. The van der Waals surface area contributed by atoms with Crippen LogP contribution in [0, 0.1) is 35.5 Å². The van der Waals surface area contributed by atoms with Gasteiger partial charge in [-0.1, -0.05) is 103 Å².